The number of pyridine rings is 1. The van der Waals surface area contributed by atoms with Crippen molar-refractivity contribution in [3.63, 3.8) is 0 Å². The van der Waals surface area contributed by atoms with Gasteiger partial charge in [0.15, 0.2) is 0 Å². The summed E-state index contributed by atoms with van der Waals surface area (Å²) < 4.78 is 0. The van der Waals surface area contributed by atoms with Gasteiger partial charge in [0.25, 0.3) is 0 Å². The summed E-state index contributed by atoms with van der Waals surface area (Å²) in [6, 6.07) is 12.5. The average Bonchev–Trinajstić information content (AvgIpc) is 2.39. The number of nitrogens with zero attached hydrogens (tertiary/aromatic N) is 2. The van der Waals surface area contributed by atoms with E-state index >= 15 is 0 Å². The van der Waals surface area contributed by atoms with Gasteiger partial charge in [-0.1, -0.05) is 24.3 Å². The molecule has 1 aromatic carbocycles. The van der Waals surface area contributed by atoms with Gasteiger partial charge < -0.3 is 4.90 Å². The largest absolute Gasteiger partial charge is 0.317 e. The van der Waals surface area contributed by atoms with Crippen LogP contribution in [0.1, 0.15) is 5.56 Å². The van der Waals surface area contributed by atoms with Gasteiger partial charge in [0, 0.05) is 30.0 Å². The smallest absolute Gasteiger partial charge is 0.0490 e. The standard InChI is InChI=1S/C14H12N2/c1-2-6-14-12(4-1)5-3-11-16(14)13-7-9-15-10-8-13/h1-4,6-11H,5H2. The number of anilines is 2. The van der Waals surface area contributed by atoms with Crippen LogP contribution in [0.25, 0.3) is 0 Å². The zero-order valence-electron chi connectivity index (χ0n) is 8.88. The Labute approximate surface area is 94.9 Å². The summed E-state index contributed by atoms with van der Waals surface area (Å²) in [6.07, 6.45) is 8.96. The Bertz CT molecular complexity index is 517. The van der Waals surface area contributed by atoms with Crippen molar-refractivity contribution in [2.24, 2.45) is 0 Å². The Balaban J connectivity index is 2.09. The molecule has 78 valence electrons. The lowest BCUT2D eigenvalue weighted by Gasteiger charge is -2.26. The van der Waals surface area contributed by atoms with Crippen molar-refractivity contribution in [1.82, 2.24) is 4.98 Å². The van der Waals surface area contributed by atoms with Crippen LogP contribution >= 0.6 is 0 Å². The quantitative estimate of drug-likeness (QED) is 0.715. The van der Waals surface area contributed by atoms with E-state index in [4.69, 9.17) is 0 Å². The second kappa shape index (κ2) is 3.81. The third-order valence-corrected chi connectivity index (χ3v) is 2.78. The Morgan fingerprint density at radius 2 is 1.81 bits per heavy atom. The first-order valence-corrected chi connectivity index (χ1v) is 5.39. The Hall–Kier alpha value is -2.09. The lowest BCUT2D eigenvalue weighted by atomic mass is 10.1. The minimum Gasteiger partial charge on any atom is -0.317 e. The molecule has 1 aromatic heterocycles. The highest BCUT2D eigenvalue weighted by Crippen LogP contribution is 2.31. The van der Waals surface area contributed by atoms with E-state index in [1.54, 1.807) is 0 Å². The molecule has 0 aliphatic carbocycles. The van der Waals surface area contributed by atoms with Crippen LogP contribution in [0.3, 0.4) is 0 Å². The zero-order valence-corrected chi connectivity index (χ0v) is 8.88. The van der Waals surface area contributed by atoms with Crippen molar-refractivity contribution in [3.05, 3.63) is 66.6 Å². The molecular weight excluding hydrogens is 196 g/mol. The number of benzene rings is 1. The van der Waals surface area contributed by atoms with Gasteiger partial charge >= 0.3 is 0 Å². The molecule has 2 aromatic rings. The van der Waals surface area contributed by atoms with E-state index in [0.29, 0.717) is 0 Å². The number of para-hydroxylation sites is 1. The van der Waals surface area contributed by atoms with Gasteiger partial charge in [-0.3, -0.25) is 4.98 Å². The van der Waals surface area contributed by atoms with Gasteiger partial charge in [0.05, 0.1) is 0 Å². The predicted octanol–water partition coefficient (Wildman–Crippen LogP) is 3.29. The van der Waals surface area contributed by atoms with E-state index in [1.807, 2.05) is 24.5 Å². The van der Waals surface area contributed by atoms with E-state index in [-0.39, 0.29) is 0 Å². The first-order valence-electron chi connectivity index (χ1n) is 5.39. The summed E-state index contributed by atoms with van der Waals surface area (Å²) in [7, 11) is 0. The molecule has 0 radical (unpaired) electrons. The number of aromatic nitrogens is 1. The summed E-state index contributed by atoms with van der Waals surface area (Å²) in [4.78, 5) is 6.24. The first kappa shape index (κ1) is 9.16. The van der Waals surface area contributed by atoms with Gasteiger partial charge in [0.1, 0.15) is 0 Å². The van der Waals surface area contributed by atoms with Crippen LogP contribution in [0.5, 0.6) is 0 Å². The van der Waals surface area contributed by atoms with E-state index < -0.39 is 0 Å². The highest BCUT2D eigenvalue weighted by molar-refractivity contribution is 5.70. The van der Waals surface area contributed by atoms with Crippen LogP contribution in [0.4, 0.5) is 11.4 Å². The van der Waals surface area contributed by atoms with E-state index in [9.17, 15) is 0 Å². The topological polar surface area (TPSA) is 16.1 Å². The summed E-state index contributed by atoms with van der Waals surface area (Å²) in [5, 5.41) is 0. The molecule has 0 atom stereocenters. The van der Waals surface area contributed by atoms with Gasteiger partial charge in [-0.05, 0) is 30.2 Å². The van der Waals surface area contributed by atoms with Gasteiger partial charge in [-0.2, -0.15) is 0 Å². The molecule has 3 rings (SSSR count). The Morgan fingerprint density at radius 3 is 2.69 bits per heavy atom. The van der Waals surface area contributed by atoms with Crippen LogP contribution in [-0.2, 0) is 6.42 Å². The normalized spacial score (nSPS) is 13.6. The molecule has 0 saturated heterocycles. The van der Waals surface area contributed by atoms with E-state index in [0.717, 1.165) is 12.1 Å². The van der Waals surface area contributed by atoms with Crippen molar-refractivity contribution in [2.75, 3.05) is 4.90 Å². The molecule has 2 heteroatoms. The van der Waals surface area contributed by atoms with Crippen LogP contribution in [-0.4, -0.2) is 4.98 Å². The maximum Gasteiger partial charge on any atom is 0.0490 e. The molecule has 1 aliphatic heterocycles. The van der Waals surface area contributed by atoms with Crippen molar-refractivity contribution in [2.45, 2.75) is 6.42 Å². The molecule has 16 heavy (non-hydrogen) atoms. The van der Waals surface area contributed by atoms with Crippen molar-refractivity contribution in [1.29, 1.82) is 0 Å². The van der Waals surface area contributed by atoms with E-state index in [1.165, 1.54) is 11.3 Å². The highest BCUT2D eigenvalue weighted by atomic mass is 15.1. The van der Waals surface area contributed by atoms with Gasteiger partial charge in [-0.25, -0.2) is 0 Å². The fraction of sp³-hybridized carbons (Fsp3) is 0.0714. The molecule has 0 N–H and O–H groups in total. The molecular formula is C14H12N2. The molecule has 0 saturated carbocycles. The van der Waals surface area contributed by atoms with Crippen LogP contribution in [0, 0.1) is 0 Å². The molecule has 0 fully saturated rings. The van der Waals surface area contributed by atoms with E-state index in [2.05, 4.69) is 46.4 Å². The maximum atomic E-state index is 4.05. The number of hydrogen-bond donors (Lipinski definition) is 0. The molecule has 0 bridgehead atoms. The Morgan fingerprint density at radius 1 is 1.00 bits per heavy atom. The Kier molecular flexibility index (Phi) is 2.18. The molecule has 1 aliphatic rings. The van der Waals surface area contributed by atoms with Crippen molar-refractivity contribution >= 4 is 11.4 Å². The number of hydrogen-bond acceptors (Lipinski definition) is 2. The second-order valence-electron chi connectivity index (χ2n) is 3.79. The van der Waals surface area contributed by atoms with Crippen molar-refractivity contribution in [3.8, 4) is 0 Å². The third-order valence-electron chi connectivity index (χ3n) is 2.78. The van der Waals surface area contributed by atoms with Crippen LogP contribution in [0.2, 0.25) is 0 Å². The SMILES string of the molecule is C1=CN(c2ccncc2)c2ccccc2C1. The van der Waals surface area contributed by atoms with Crippen molar-refractivity contribution < 1.29 is 0 Å². The zero-order chi connectivity index (χ0) is 10.8. The number of fused-ring (bicyclic) bond motifs is 1. The van der Waals surface area contributed by atoms with Gasteiger partial charge in [0.2, 0.25) is 0 Å². The first-order chi connectivity index (χ1) is 7.95. The average molecular weight is 208 g/mol. The molecule has 2 nitrogen and oxygen atoms in total. The highest BCUT2D eigenvalue weighted by Gasteiger charge is 2.12. The van der Waals surface area contributed by atoms with Gasteiger partial charge in [-0.15, -0.1) is 0 Å². The maximum absolute atomic E-state index is 4.05. The van der Waals surface area contributed by atoms with Crippen LogP contribution in [0.15, 0.2) is 61.1 Å². The predicted molar refractivity (Wildman–Crippen MR) is 65.7 cm³/mol. The minimum atomic E-state index is 1.01. The lowest BCUT2D eigenvalue weighted by Crippen LogP contribution is -2.13. The molecule has 0 spiro atoms. The molecule has 2 heterocycles. The summed E-state index contributed by atoms with van der Waals surface area (Å²) in [5.74, 6) is 0. The molecule has 0 unspecified atom stereocenters. The second-order valence-corrected chi connectivity index (χ2v) is 3.79. The number of rotatable bonds is 1. The molecule has 0 amide bonds. The third kappa shape index (κ3) is 1.48. The minimum absolute atomic E-state index is 1.01. The fourth-order valence-electron chi connectivity index (χ4n) is 2.01. The number of allylic oxidation sites excluding steroid dienone is 1. The monoisotopic (exact) mass is 208 g/mol. The summed E-state index contributed by atoms with van der Waals surface area (Å²) in [6.45, 7) is 0. The van der Waals surface area contributed by atoms with Crippen LogP contribution < -0.4 is 4.90 Å². The summed E-state index contributed by atoms with van der Waals surface area (Å²) >= 11 is 0. The fourth-order valence-corrected chi connectivity index (χ4v) is 2.01. The summed E-state index contributed by atoms with van der Waals surface area (Å²) in [5.41, 5.74) is 3.77. The lowest BCUT2D eigenvalue weighted by molar-refractivity contribution is 1.13.